The van der Waals surface area contributed by atoms with Gasteiger partial charge in [-0.05, 0) is 25.4 Å². The number of aliphatic hydroxyl groups is 3. The largest absolute Gasteiger partial charge is 0.393 e. The zero-order valence-corrected chi connectivity index (χ0v) is 20.7. The van der Waals surface area contributed by atoms with Crippen LogP contribution in [0.4, 0.5) is 5.82 Å². The summed E-state index contributed by atoms with van der Waals surface area (Å²) in [7, 11) is -5.11. The number of H-pyrrole nitrogens is 1. The van der Waals surface area contributed by atoms with Crippen molar-refractivity contribution in [2.45, 2.75) is 56.2 Å². The zero-order chi connectivity index (χ0) is 26.3. The molecule has 0 aromatic carbocycles. The maximum Gasteiger partial charge on any atom is 0.359 e. The van der Waals surface area contributed by atoms with E-state index in [1.165, 1.54) is 10.9 Å². The molecule has 4 heterocycles. The smallest absolute Gasteiger partial charge is 0.359 e. The number of anilines is 1. The van der Waals surface area contributed by atoms with E-state index in [1.807, 2.05) is 13.8 Å². The molecule has 7 N–H and O–H groups in total. The van der Waals surface area contributed by atoms with Gasteiger partial charge in [0.1, 0.15) is 24.1 Å². The molecule has 0 unspecified atom stereocenters. The molecule has 19 heteroatoms. The Morgan fingerprint density at radius 1 is 1.33 bits per heavy atom. The number of nitrogens with zero attached hydrogens (tertiary/aromatic N) is 7. The van der Waals surface area contributed by atoms with Gasteiger partial charge in [-0.3, -0.25) is 4.57 Å². The number of halogens is 1. The molecule has 0 amide bonds. The maximum atomic E-state index is 12.2. The lowest BCUT2D eigenvalue weighted by Crippen LogP contribution is -2.43. The molecule has 4 rings (SSSR count). The van der Waals surface area contributed by atoms with Gasteiger partial charge in [-0.15, -0.1) is 10.2 Å². The number of hydrogen-bond donors (Lipinski definition) is 7. The summed E-state index contributed by atoms with van der Waals surface area (Å²) in [4.78, 5) is 28.1. The predicted molar refractivity (Wildman–Crippen MR) is 121 cm³/mol. The number of aliphatic hydroxyl groups excluding tert-OH is 3. The van der Waals surface area contributed by atoms with Crippen LogP contribution in [0, 0.1) is 0 Å². The molecule has 0 spiro atoms. The number of aromatic amines is 1. The topological polar surface area (TPSA) is 247 Å². The Kier molecular flexibility index (Phi) is 7.57. The molecule has 0 aliphatic carbocycles. The third-order valence-corrected chi connectivity index (χ3v) is 7.21. The SMILES string of the molecule is CC(C)Nc1nc(Cl)nc2c1cnn2[C@@H]1O[C@H](CO[C@](CO)(Cc2nn[nH]n2)P(=O)(O)O)[C@@H](O)[C@H]1O. The molecule has 1 aliphatic rings. The Bertz CT molecular complexity index is 1240. The first-order valence-corrected chi connectivity index (χ1v) is 12.7. The van der Waals surface area contributed by atoms with Crippen molar-refractivity contribution in [3.05, 3.63) is 17.3 Å². The number of fused-ring (bicyclic) bond motifs is 1. The van der Waals surface area contributed by atoms with E-state index in [9.17, 15) is 29.7 Å². The van der Waals surface area contributed by atoms with Crippen molar-refractivity contribution in [1.82, 2.24) is 40.4 Å². The van der Waals surface area contributed by atoms with Crippen molar-refractivity contribution in [2.24, 2.45) is 0 Å². The van der Waals surface area contributed by atoms with Crippen molar-refractivity contribution in [3.8, 4) is 0 Å². The van der Waals surface area contributed by atoms with Crippen LogP contribution in [0.3, 0.4) is 0 Å². The number of tetrazole rings is 1. The molecule has 198 valence electrons. The highest BCUT2D eigenvalue weighted by Gasteiger charge is 2.52. The maximum absolute atomic E-state index is 12.2. The standard InChI is InChI=1S/C17H25ClN9O8P/c1-7(2)20-13-8-4-19-27(14(8)22-16(18)21-13)15-12(30)11(29)9(35-15)5-34-17(6-28,36(31,32)33)3-10-23-25-26-24-10/h4,7,9,11-12,15,28-30H,3,5-6H2,1-2H3,(H,20,21,22)(H2,31,32,33)(H,23,24,25,26)/t9-,11-,12-,15-,17-/m1/s1. The average molecular weight is 550 g/mol. The van der Waals surface area contributed by atoms with Gasteiger partial charge in [0, 0.05) is 6.04 Å². The fourth-order valence-corrected chi connectivity index (χ4v) is 4.65. The second-order valence-electron chi connectivity index (χ2n) is 8.48. The molecule has 1 fully saturated rings. The van der Waals surface area contributed by atoms with Crippen LogP contribution in [0.15, 0.2) is 6.20 Å². The summed E-state index contributed by atoms with van der Waals surface area (Å²) in [6.45, 7) is 2.08. The zero-order valence-electron chi connectivity index (χ0n) is 19.0. The highest BCUT2D eigenvalue weighted by molar-refractivity contribution is 7.53. The van der Waals surface area contributed by atoms with Gasteiger partial charge in [0.2, 0.25) is 5.28 Å². The Labute approximate surface area is 208 Å². The molecule has 0 radical (unpaired) electrons. The first kappa shape index (κ1) is 26.7. The van der Waals surface area contributed by atoms with E-state index in [1.54, 1.807) is 0 Å². The van der Waals surface area contributed by atoms with Crippen molar-refractivity contribution >= 4 is 36.0 Å². The number of nitrogens with one attached hydrogen (secondary N) is 2. The van der Waals surface area contributed by atoms with Crippen molar-refractivity contribution in [3.63, 3.8) is 0 Å². The van der Waals surface area contributed by atoms with E-state index in [0.29, 0.717) is 11.2 Å². The average Bonchev–Trinajstić information content (AvgIpc) is 3.51. The lowest BCUT2D eigenvalue weighted by molar-refractivity contribution is -0.109. The fourth-order valence-electron chi connectivity index (χ4n) is 3.71. The van der Waals surface area contributed by atoms with Crippen LogP contribution in [-0.2, 0) is 20.5 Å². The summed E-state index contributed by atoms with van der Waals surface area (Å²) in [5.74, 6) is 0.290. The minimum absolute atomic E-state index is 0.0208. The summed E-state index contributed by atoms with van der Waals surface area (Å²) >= 11 is 6.06. The highest BCUT2D eigenvalue weighted by Crippen LogP contribution is 2.52. The van der Waals surface area contributed by atoms with E-state index in [0.717, 1.165) is 0 Å². The van der Waals surface area contributed by atoms with Crippen LogP contribution in [0.1, 0.15) is 25.9 Å². The van der Waals surface area contributed by atoms with Gasteiger partial charge in [0.25, 0.3) is 0 Å². The molecule has 5 atom stereocenters. The number of aromatic nitrogens is 8. The van der Waals surface area contributed by atoms with Gasteiger partial charge >= 0.3 is 7.60 Å². The van der Waals surface area contributed by atoms with E-state index in [-0.39, 0.29) is 22.8 Å². The van der Waals surface area contributed by atoms with Crippen molar-refractivity contribution < 1.29 is 39.1 Å². The van der Waals surface area contributed by atoms with Crippen molar-refractivity contribution in [1.29, 1.82) is 0 Å². The van der Waals surface area contributed by atoms with Crippen LogP contribution < -0.4 is 5.32 Å². The minimum atomic E-state index is -5.11. The Morgan fingerprint density at radius 2 is 2.08 bits per heavy atom. The number of hydrogen-bond acceptors (Lipinski definition) is 13. The monoisotopic (exact) mass is 549 g/mol. The van der Waals surface area contributed by atoms with E-state index in [2.05, 4.69) is 41.0 Å². The van der Waals surface area contributed by atoms with Gasteiger partial charge in [0.15, 0.2) is 23.0 Å². The van der Waals surface area contributed by atoms with Crippen molar-refractivity contribution in [2.75, 3.05) is 18.5 Å². The third-order valence-electron chi connectivity index (χ3n) is 5.55. The lowest BCUT2D eigenvalue weighted by Gasteiger charge is -2.32. The van der Waals surface area contributed by atoms with Gasteiger partial charge in [0.05, 0.1) is 31.2 Å². The van der Waals surface area contributed by atoms with Gasteiger partial charge in [-0.25, -0.2) is 4.68 Å². The van der Waals surface area contributed by atoms with Gasteiger partial charge in [-0.2, -0.15) is 20.3 Å². The van der Waals surface area contributed by atoms with Crippen LogP contribution in [0.2, 0.25) is 5.28 Å². The molecule has 0 bridgehead atoms. The first-order valence-electron chi connectivity index (χ1n) is 10.7. The first-order chi connectivity index (χ1) is 17.0. The van der Waals surface area contributed by atoms with Gasteiger partial charge < -0.3 is 39.9 Å². The quantitative estimate of drug-likeness (QED) is 0.113. The van der Waals surface area contributed by atoms with Crippen LogP contribution >= 0.6 is 19.2 Å². The highest BCUT2D eigenvalue weighted by atomic mass is 35.5. The molecule has 17 nitrogen and oxygen atoms in total. The van der Waals surface area contributed by atoms with Crippen LogP contribution in [0.25, 0.3) is 11.0 Å². The summed E-state index contributed by atoms with van der Waals surface area (Å²) in [6.07, 6.45) is -4.73. The molecule has 3 aromatic heterocycles. The van der Waals surface area contributed by atoms with E-state index in [4.69, 9.17) is 21.1 Å². The van der Waals surface area contributed by atoms with Gasteiger partial charge in [-0.1, -0.05) is 5.21 Å². The second-order valence-corrected chi connectivity index (χ2v) is 10.7. The summed E-state index contributed by atoms with van der Waals surface area (Å²) in [5.41, 5.74) is 0.216. The molecule has 3 aromatic rings. The molecule has 1 saturated heterocycles. The lowest BCUT2D eigenvalue weighted by atomic mass is 10.1. The number of ether oxygens (including phenoxy) is 2. The summed E-state index contributed by atoms with van der Waals surface area (Å²) < 4.78 is 24.6. The molecule has 0 saturated carbocycles. The third kappa shape index (κ3) is 5.06. The predicted octanol–water partition coefficient (Wildman–Crippen LogP) is -1.44. The molecule has 1 aliphatic heterocycles. The van der Waals surface area contributed by atoms with E-state index < -0.39 is 57.1 Å². The fraction of sp³-hybridized carbons (Fsp3) is 0.647. The summed E-state index contributed by atoms with van der Waals surface area (Å²) in [6, 6.07) is 0.0208. The van der Waals surface area contributed by atoms with E-state index >= 15 is 0 Å². The molecular weight excluding hydrogens is 525 g/mol. The minimum Gasteiger partial charge on any atom is -0.393 e. The number of rotatable bonds is 10. The Balaban J connectivity index is 1.57. The molecule has 36 heavy (non-hydrogen) atoms. The molecular formula is C17H25ClN9O8P. The summed E-state index contributed by atoms with van der Waals surface area (Å²) in [5, 5.41) is 49.1. The van der Waals surface area contributed by atoms with Crippen LogP contribution in [0.5, 0.6) is 0 Å². The Morgan fingerprint density at radius 3 is 2.69 bits per heavy atom. The van der Waals surface area contributed by atoms with Crippen LogP contribution in [-0.4, -0.2) is 108 Å². The Hall–Kier alpha value is -2.34. The second kappa shape index (κ2) is 10.2. The normalized spacial score (nSPS) is 24.5.